The number of carbonyl (C=O) groups excluding carboxylic acids is 2. The van der Waals surface area contributed by atoms with E-state index < -0.39 is 6.10 Å². The van der Waals surface area contributed by atoms with Gasteiger partial charge in [-0.25, -0.2) is 4.98 Å². The Balaban J connectivity index is 1.43. The number of nitrogens with one attached hydrogen (secondary N) is 1. The first-order valence-corrected chi connectivity index (χ1v) is 11.3. The Morgan fingerprint density at radius 3 is 2.41 bits per heavy atom. The van der Waals surface area contributed by atoms with Crippen LogP contribution in [-0.2, 0) is 13.1 Å². The van der Waals surface area contributed by atoms with E-state index in [4.69, 9.17) is 4.74 Å². The molecule has 7 nitrogen and oxygen atoms in total. The molecule has 1 unspecified atom stereocenters. The van der Waals surface area contributed by atoms with Crippen LogP contribution < -0.4 is 10.1 Å². The SMILES string of the molecule is CCC(=O)c1ccc(OCC(O)Cn2c(CNC(=O)c3ccccc3)nc3ccccc32)cc1. The molecule has 174 valence electrons. The summed E-state index contributed by atoms with van der Waals surface area (Å²) in [6.45, 7) is 2.38. The summed E-state index contributed by atoms with van der Waals surface area (Å²) in [6, 6.07) is 23.6. The van der Waals surface area contributed by atoms with Crippen LogP contribution >= 0.6 is 0 Å². The van der Waals surface area contributed by atoms with Crippen molar-refractivity contribution < 1.29 is 19.4 Å². The van der Waals surface area contributed by atoms with Gasteiger partial charge in [0.1, 0.15) is 24.3 Å². The van der Waals surface area contributed by atoms with Gasteiger partial charge in [-0.3, -0.25) is 9.59 Å². The third kappa shape index (κ3) is 5.50. The van der Waals surface area contributed by atoms with Crippen molar-refractivity contribution in [1.82, 2.24) is 14.9 Å². The molecular formula is C27H27N3O4. The summed E-state index contributed by atoms with van der Waals surface area (Å²) in [4.78, 5) is 28.9. The molecule has 0 saturated heterocycles. The van der Waals surface area contributed by atoms with Crippen LogP contribution in [0, 0.1) is 0 Å². The predicted molar refractivity (Wildman–Crippen MR) is 130 cm³/mol. The lowest BCUT2D eigenvalue weighted by molar-refractivity contribution is 0.0914. The lowest BCUT2D eigenvalue weighted by Gasteiger charge is -2.16. The standard InChI is InChI=1S/C27H27N3O4/c1-2-25(32)19-12-14-22(15-13-19)34-18-21(31)17-30-24-11-7-6-10-23(24)29-26(30)16-28-27(33)20-8-4-3-5-9-20/h3-15,21,31H,2,16-18H2,1H3,(H,28,33). The highest BCUT2D eigenvalue weighted by molar-refractivity contribution is 5.96. The largest absolute Gasteiger partial charge is 0.491 e. The average molecular weight is 458 g/mol. The summed E-state index contributed by atoms with van der Waals surface area (Å²) in [5.74, 6) is 1.11. The fraction of sp³-hybridized carbons (Fsp3) is 0.222. The minimum Gasteiger partial charge on any atom is -0.491 e. The minimum atomic E-state index is -0.807. The van der Waals surface area contributed by atoms with Crippen LogP contribution in [0.5, 0.6) is 5.75 Å². The molecule has 1 heterocycles. The Hall–Kier alpha value is -3.97. The van der Waals surface area contributed by atoms with Gasteiger partial charge < -0.3 is 19.7 Å². The highest BCUT2D eigenvalue weighted by atomic mass is 16.5. The van der Waals surface area contributed by atoms with Crippen molar-refractivity contribution in [1.29, 1.82) is 0 Å². The number of hydrogen-bond acceptors (Lipinski definition) is 5. The second kappa shape index (κ2) is 10.8. The number of carbonyl (C=O) groups is 2. The maximum atomic E-state index is 12.5. The zero-order valence-electron chi connectivity index (χ0n) is 19.0. The molecule has 0 spiro atoms. The number of aliphatic hydroxyl groups is 1. The first kappa shape index (κ1) is 23.2. The number of hydrogen-bond donors (Lipinski definition) is 2. The van der Waals surface area contributed by atoms with Crippen molar-refractivity contribution in [3.63, 3.8) is 0 Å². The number of ketones is 1. The summed E-state index contributed by atoms with van der Waals surface area (Å²) in [6.07, 6.45) is -0.357. The van der Waals surface area contributed by atoms with Crippen LogP contribution in [0.15, 0.2) is 78.9 Å². The summed E-state index contributed by atoms with van der Waals surface area (Å²) in [5, 5.41) is 13.6. The molecule has 1 atom stereocenters. The lowest BCUT2D eigenvalue weighted by Crippen LogP contribution is -2.28. The van der Waals surface area contributed by atoms with Gasteiger partial charge in [-0.1, -0.05) is 37.3 Å². The molecule has 7 heteroatoms. The van der Waals surface area contributed by atoms with Gasteiger partial charge in [0.2, 0.25) is 0 Å². The molecule has 0 bridgehead atoms. The van der Waals surface area contributed by atoms with Crippen molar-refractivity contribution in [3.8, 4) is 5.75 Å². The topological polar surface area (TPSA) is 93.5 Å². The van der Waals surface area contributed by atoms with Crippen molar-refractivity contribution in [2.75, 3.05) is 6.61 Å². The number of para-hydroxylation sites is 2. The fourth-order valence-electron chi connectivity index (χ4n) is 3.71. The van der Waals surface area contributed by atoms with Crippen molar-refractivity contribution in [2.24, 2.45) is 0 Å². The summed E-state index contributed by atoms with van der Waals surface area (Å²) >= 11 is 0. The van der Waals surface area contributed by atoms with Crippen molar-refractivity contribution in [3.05, 3.63) is 95.8 Å². The van der Waals surface area contributed by atoms with Crippen molar-refractivity contribution in [2.45, 2.75) is 32.5 Å². The number of aliphatic hydroxyl groups excluding tert-OH is 1. The number of benzene rings is 3. The molecule has 0 fully saturated rings. The Morgan fingerprint density at radius 2 is 1.68 bits per heavy atom. The molecular weight excluding hydrogens is 430 g/mol. The number of fused-ring (bicyclic) bond motifs is 1. The highest BCUT2D eigenvalue weighted by Crippen LogP contribution is 2.18. The molecule has 1 aromatic heterocycles. The first-order chi connectivity index (χ1) is 16.5. The van der Waals surface area contributed by atoms with E-state index in [1.807, 2.05) is 54.0 Å². The molecule has 4 aromatic rings. The number of rotatable bonds is 10. The second-order valence-corrected chi connectivity index (χ2v) is 7.94. The quantitative estimate of drug-likeness (QED) is 0.351. The van der Waals surface area contributed by atoms with Gasteiger partial charge in [0, 0.05) is 17.5 Å². The van der Waals surface area contributed by atoms with E-state index in [9.17, 15) is 14.7 Å². The van der Waals surface area contributed by atoms with E-state index in [-0.39, 0.29) is 31.4 Å². The predicted octanol–water partition coefficient (Wildman–Crippen LogP) is 4.00. The lowest BCUT2D eigenvalue weighted by atomic mass is 10.1. The molecule has 0 aliphatic heterocycles. The van der Waals surface area contributed by atoms with Crippen LogP contribution in [0.25, 0.3) is 11.0 Å². The first-order valence-electron chi connectivity index (χ1n) is 11.3. The van der Waals surface area contributed by atoms with Crippen LogP contribution in [0.3, 0.4) is 0 Å². The normalized spacial score (nSPS) is 11.8. The van der Waals surface area contributed by atoms with E-state index in [1.54, 1.807) is 36.4 Å². The Morgan fingerprint density at radius 1 is 0.971 bits per heavy atom. The van der Waals surface area contributed by atoms with E-state index in [0.29, 0.717) is 29.1 Å². The molecule has 3 aromatic carbocycles. The zero-order chi connectivity index (χ0) is 23.9. The van der Waals surface area contributed by atoms with Gasteiger partial charge in [-0.15, -0.1) is 0 Å². The van der Waals surface area contributed by atoms with Crippen molar-refractivity contribution >= 4 is 22.7 Å². The maximum Gasteiger partial charge on any atom is 0.251 e. The molecule has 34 heavy (non-hydrogen) atoms. The highest BCUT2D eigenvalue weighted by Gasteiger charge is 2.16. The Kier molecular flexibility index (Phi) is 7.34. The molecule has 0 aliphatic carbocycles. The Bertz CT molecular complexity index is 1270. The van der Waals surface area contributed by atoms with E-state index in [1.165, 1.54) is 0 Å². The molecule has 0 saturated carbocycles. The summed E-state index contributed by atoms with van der Waals surface area (Å²) in [5.41, 5.74) is 2.87. The van der Waals surface area contributed by atoms with Gasteiger partial charge in [-0.05, 0) is 48.5 Å². The fourth-order valence-corrected chi connectivity index (χ4v) is 3.71. The van der Waals surface area contributed by atoms with Crippen LogP contribution in [-0.4, -0.2) is 39.1 Å². The number of amides is 1. The molecule has 0 radical (unpaired) electrons. The van der Waals surface area contributed by atoms with Gasteiger partial charge in [-0.2, -0.15) is 0 Å². The summed E-state index contributed by atoms with van der Waals surface area (Å²) in [7, 11) is 0. The smallest absolute Gasteiger partial charge is 0.251 e. The average Bonchev–Trinajstić information content (AvgIpc) is 3.23. The monoisotopic (exact) mass is 457 g/mol. The van der Waals surface area contributed by atoms with Crippen LogP contribution in [0.4, 0.5) is 0 Å². The number of ether oxygens (including phenoxy) is 1. The third-order valence-electron chi connectivity index (χ3n) is 5.51. The minimum absolute atomic E-state index is 0.0728. The van der Waals surface area contributed by atoms with E-state index in [0.717, 1.165) is 11.0 Å². The third-order valence-corrected chi connectivity index (χ3v) is 5.51. The van der Waals surface area contributed by atoms with E-state index in [2.05, 4.69) is 10.3 Å². The molecule has 1 amide bonds. The van der Waals surface area contributed by atoms with Gasteiger partial charge >= 0.3 is 0 Å². The van der Waals surface area contributed by atoms with Gasteiger partial charge in [0.05, 0.1) is 24.1 Å². The molecule has 2 N–H and O–H groups in total. The van der Waals surface area contributed by atoms with Crippen LogP contribution in [0.1, 0.15) is 39.9 Å². The maximum absolute atomic E-state index is 12.5. The molecule has 0 aliphatic rings. The zero-order valence-corrected chi connectivity index (χ0v) is 19.0. The van der Waals surface area contributed by atoms with Gasteiger partial charge in [0.15, 0.2) is 5.78 Å². The number of aromatic nitrogens is 2. The van der Waals surface area contributed by atoms with Gasteiger partial charge in [0.25, 0.3) is 5.91 Å². The number of nitrogens with zero attached hydrogens (tertiary/aromatic N) is 2. The number of imidazole rings is 1. The van der Waals surface area contributed by atoms with E-state index >= 15 is 0 Å². The second-order valence-electron chi connectivity index (χ2n) is 7.94. The Labute approximate surface area is 198 Å². The molecule has 4 rings (SSSR count). The summed E-state index contributed by atoms with van der Waals surface area (Å²) < 4.78 is 7.63. The van der Waals surface area contributed by atoms with Crippen LogP contribution in [0.2, 0.25) is 0 Å². The number of Topliss-reactive ketones (excluding diaryl/α,β-unsaturated/α-hetero) is 1.